The number of carboxylic acid groups (broad SMARTS) is 2. The number of carboxylic acids is 2. The average molecular weight is 1450 g/mol. The van der Waals surface area contributed by atoms with Crippen LogP contribution in [-0.4, -0.2) is 197 Å². The molecule has 552 valence electrons. The van der Waals surface area contributed by atoms with Gasteiger partial charge >= 0.3 is 11.9 Å². The number of aliphatic carboxylic acids is 2. The molecular weight excluding hydrogens is 1370 g/mol. The van der Waals surface area contributed by atoms with Gasteiger partial charge in [-0.25, -0.2) is 0 Å². The summed E-state index contributed by atoms with van der Waals surface area (Å²) in [5.41, 5.74) is 3.68. The van der Waals surface area contributed by atoms with Gasteiger partial charge in [0.25, 0.3) is 16.0 Å². The highest BCUT2D eigenvalue weighted by Gasteiger charge is 2.41. The Bertz CT molecular complexity index is 4260. The standard InChI is InChI=1S/C72H85N13O18S/c1-42(2)37-55(65(93)74-34-33-73-53-11-5-10-52-51(53)9-6-14-61(52)104(101,102)103)79-70(98)60-13-8-36-85(60)72(100)54(31-32-63(89)90)77-68(96)58(40-64(91)92)76-62(88)41-75-66(94)56(38-43-15-27-49(86)28-16-43)78-67(95)57(39-44-17-29-50(87)30-18-44)80-69(97)59-12-7-35-84(59)71(99)45-19-21-46(22-20-45)81-82-47-23-25-48(26-24-47)83(3)4/h5-6,9-11,14-30,42,54-60,73,86-87H,7-8,12-13,31-41H2,1-4H3,(H,74,93)(H,75,94)(H,76,88)(H,77,96)(H,78,95)(H,79,98)(H,80,97)(H,89,90)(H,91,92)(H,101,102,103)/t54-,55-,56-,57-,58-,59-,60-/m0/s1. The number of hydrogen-bond acceptors (Lipinski definition) is 19. The van der Waals surface area contributed by atoms with Crippen LogP contribution >= 0.6 is 0 Å². The Kier molecular flexibility index (Phi) is 27.3. The van der Waals surface area contributed by atoms with Crippen molar-refractivity contribution < 1.29 is 86.1 Å². The molecule has 0 radical (unpaired) electrons. The van der Waals surface area contributed by atoms with Gasteiger partial charge in [-0.1, -0.05) is 62.4 Å². The minimum absolute atomic E-state index is 0.0302. The van der Waals surface area contributed by atoms with Crippen LogP contribution in [-0.2, 0) is 70.9 Å². The van der Waals surface area contributed by atoms with Gasteiger partial charge in [0.1, 0.15) is 58.7 Å². The largest absolute Gasteiger partial charge is 0.508 e. The van der Waals surface area contributed by atoms with Crippen molar-refractivity contribution in [2.24, 2.45) is 16.1 Å². The fourth-order valence-corrected chi connectivity index (χ4v) is 12.8. The van der Waals surface area contributed by atoms with E-state index in [1.165, 1.54) is 71.6 Å². The minimum Gasteiger partial charge on any atom is -0.508 e. The summed E-state index contributed by atoms with van der Waals surface area (Å²) >= 11 is 0. The molecule has 32 heteroatoms. The smallest absolute Gasteiger partial charge is 0.305 e. The van der Waals surface area contributed by atoms with Crippen molar-refractivity contribution in [1.29, 1.82) is 0 Å². The van der Waals surface area contributed by atoms with E-state index in [-0.39, 0.29) is 98.0 Å². The topological polar surface area (TPSA) is 454 Å². The van der Waals surface area contributed by atoms with E-state index in [9.17, 15) is 86.1 Å². The molecule has 31 nitrogen and oxygen atoms in total. The third kappa shape index (κ3) is 22.2. The molecule has 0 aromatic heterocycles. The fraction of sp³-hybridized carbons (Fsp3) is 0.375. The highest BCUT2D eigenvalue weighted by atomic mass is 32.2. The van der Waals surface area contributed by atoms with Crippen LogP contribution in [0.25, 0.3) is 10.8 Å². The number of phenolic OH excluding ortho intramolecular Hbond substituents is 2. The summed E-state index contributed by atoms with van der Waals surface area (Å²) in [6.07, 6.45) is -1.65. The maximum Gasteiger partial charge on any atom is 0.305 e. The van der Waals surface area contributed by atoms with E-state index >= 15 is 0 Å². The van der Waals surface area contributed by atoms with Crippen molar-refractivity contribution in [1.82, 2.24) is 47.0 Å². The zero-order chi connectivity index (χ0) is 75.4. The maximum atomic E-state index is 14.6. The number of nitrogens with one attached hydrogen (secondary N) is 8. The van der Waals surface area contributed by atoms with Crippen molar-refractivity contribution in [2.45, 2.75) is 125 Å². The third-order valence-electron chi connectivity index (χ3n) is 17.4. The van der Waals surface area contributed by atoms with Crippen LogP contribution in [0, 0.1) is 5.92 Å². The first-order chi connectivity index (χ1) is 49.5. The number of nitrogens with zero attached hydrogens (tertiary/aromatic N) is 5. The lowest BCUT2D eigenvalue weighted by molar-refractivity contribution is -0.144. The first-order valence-electron chi connectivity index (χ1n) is 33.7. The molecule has 6 aromatic rings. The highest BCUT2D eigenvalue weighted by molar-refractivity contribution is 7.86. The van der Waals surface area contributed by atoms with E-state index in [2.05, 4.69) is 52.8 Å². The van der Waals surface area contributed by atoms with Gasteiger partial charge < -0.3 is 77.7 Å². The Balaban J connectivity index is 0.905. The summed E-state index contributed by atoms with van der Waals surface area (Å²) in [5, 5.41) is 70.2. The van der Waals surface area contributed by atoms with Gasteiger partial charge in [-0.3, -0.25) is 57.3 Å². The predicted molar refractivity (Wildman–Crippen MR) is 380 cm³/mol. The van der Waals surface area contributed by atoms with Gasteiger partial charge in [-0.15, -0.1) is 0 Å². The van der Waals surface area contributed by atoms with Gasteiger partial charge in [0, 0.05) is 87.2 Å². The predicted octanol–water partition coefficient (Wildman–Crippen LogP) is 4.21. The molecule has 8 rings (SSSR count). The lowest BCUT2D eigenvalue weighted by atomic mass is 10.0. The van der Waals surface area contributed by atoms with Crippen LogP contribution < -0.4 is 47.4 Å². The summed E-state index contributed by atoms with van der Waals surface area (Å²) in [5.74, 6) is -11.1. The number of carbonyl (C=O) groups excluding carboxylic acids is 9. The number of fused-ring (bicyclic) bond motifs is 1. The molecule has 0 spiro atoms. The Labute approximate surface area is 599 Å². The molecule has 7 atom stereocenters. The molecule has 0 bridgehead atoms. The quantitative estimate of drug-likeness (QED) is 0.0153. The second-order valence-corrected chi connectivity index (χ2v) is 27.2. The van der Waals surface area contributed by atoms with Gasteiger partial charge in [-0.2, -0.15) is 18.6 Å². The van der Waals surface area contributed by atoms with Crippen molar-refractivity contribution in [2.75, 3.05) is 57.0 Å². The minimum atomic E-state index is -4.54. The lowest BCUT2D eigenvalue weighted by Gasteiger charge is -2.30. The number of benzene rings is 6. The number of azo groups is 1. The number of likely N-dealkylation sites (tertiary alicyclic amines) is 2. The second kappa shape index (κ2) is 36.4. The number of rotatable bonds is 34. The number of hydrogen-bond donors (Lipinski definition) is 13. The summed E-state index contributed by atoms with van der Waals surface area (Å²) in [4.78, 5) is 156. The van der Waals surface area contributed by atoms with Gasteiger partial charge in [0.2, 0.25) is 47.3 Å². The summed E-state index contributed by atoms with van der Waals surface area (Å²) in [7, 11) is -0.702. The van der Waals surface area contributed by atoms with Crippen LogP contribution in [0.5, 0.6) is 11.5 Å². The van der Waals surface area contributed by atoms with E-state index < -0.39 is 143 Å². The van der Waals surface area contributed by atoms with Crippen molar-refractivity contribution in [3.8, 4) is 11.5 Å². The van der Waals surface area contributed by atoms with Gasteiger partial charge in [0.05, 0.1) is 24.3 Å². The molecule has 2 fully saturated rings. The number of phenols is 2. The zero-order valence-electron chi connectivity index (χ0n) is 57.6. The average Bonchev–Trinajstić information content (AvgIpc) is 1.01. The Hall–Kier alpha value is -11.5. The number of aromatic hydroxyl groups is 2. The summed E-state index contributed by atoms with van der Waals surface area (Å²) < 4.78 is 33.8. The van der Waals surface area contributed by atoms with E-state index in [1.54, 1.807) is 42.5 Å². The van der Waals surface area contributed by atoms with Crippen molar-refractivity contribution in [3.63, 3.8) is 0 Å². The number of carbonyl (C=O) groups is 11. The molecule has 2 aliphatic rings. The fourth-order valence-electron chi connectivity index (χ4n) is 12.1. The van der Waals surface area contributed by atoms with E-state index in [1.807, 2.05) is 57.1 Å². The molecule has 0 aliphatic carbocycles. The molecule has 2 saturated heterocycles. The molecular formula is C72H85N13O18S. The molecule has 9 amide bonds. The SMILES string of the molecule is CC(C)C[C@H](NC(=O)[C@@H]1CCCN1C(=O)[C@H](CCC(=O)O)NC(=O)[C@H](CC(=O)O)NC(=O)CNC(=O)[C@H](Cc1ccc(O)cc1)NC(=O)[C@H](Cc1ccc(O)cc1)NC(=O)[C@@H]1CCCN1C(=O)c1ccc(N=Nc2ccc(N(C)C)cc2)cc1)C(=O)NCCNc1cccc2c(S(=O)(=O)O)cccc12. The van der Waals surface area contributed by atoms with Crippen LogP contribution in [0.2, 0.25) is 0 Å². The highest BCUT2D eigenvalue weighted by Crippen LogP contribution is 2.30. The van der Waals surface area contributed by atoms with E-state index in [0.29, 0.717) is 40.0 Å². The molecule has 0 saturated carbocycles. The van der Waals surface area contributed by atoms with E-state index in [0.717, 1.165) is 10.6 Å². The molecule has 6 aromatic carbocycles. The van der Waals surface area contributed by atoms with Gasteiger partial charge in [0.15, 0.2) is 0 Å². The molecule has 104 heavy (non-hydrogen) atoms. The molecule has 2 aliphatic heterocycles. The number of anilines is 2. The lowest BCUT2D eigenvalue weighted by Crippen LogP contribution is -2.59. The van der Waals surface area contributed by atoms with Gasteiger partial charge in [-0.05, 0) is 140 Å². The van der Waals surface area contributed by atoms with Crippen molar-refractivity contribution >= 4 is 109 Å². The van der Waals surface area contributed by atoms with E-state index in [4.69, 9.17) is 0 Å². The monoisotopic (exact) mass is 1450 g/mol. The second-order valence-electron chi connectivity index (χ2n) is 25.8. The zero-order valence-corrected chi connectivity index (χ0v) is 58.4. The van der Waals surface area contributed by atoms with Crippen LogP contribution in [0.15, 0.2) is 149 Å². The van der Waals surface area contributed by atoms with Crippen molar-refractivity contribution in [3.05, 3.63) is 150 Å². The maximum absolute atomic E-state index is 14.6. The Morgan fingerprint density at radius 3 is 1.64 bits per heavy atom. The first kappa shape index (κ1) is 78.2. The van der Waals surface area contributed by atoms with Crippen LogP contribution in [0.3, 0.4) is 0 Å². The molecule has 2 heterocycles. The molecule has 13 N–H and O–H groups in total. The van der Waals surface area contributed by atoms with Crippen LogP contribution in [0.1, 0.15) is 86.7 Å². The normalized spacial score (nSPS) is 15.8. The number of amides is 9. The first-order valence-corrected chi connectivity index (χ1v) is 35.1. The molecule has 0 unspecified atom stereocenters. The Morgan fingerprint density at radius 2 is 1.08 bits per heavy atom. The Morgan fingerprint density at radius 1 is 0.558 bits per heavy atom. The third-order valence-corrected chi connectivity index (χ3v) is 18.3. The summed E-state index contributed by atoms with van der Waals surface area (Å²) in [6.45, 7) is 3.01. The summed E-state index contributed by atoms with van der Waals surface area (Å²) in [6, 6.07) is 24.2. The van der Waals surface area contributed by atoms with Crippen LogP contribution in [0.4, 0.5) is 22.7 Å².